The van der Waals surface area contributed by atoms with Gasteiger partial charge in [0.1, 0.15) is 11.6 Å². The van der Waals surface area contributed by atoms with Crippen LogP contribution in [0.5, 0.6) is 0 Å². The van der Waals surface area contributed by atoms with Crippen LogP contribution >= 0.6 is 0 Å². The number of anilines is 1. The topological polar surface area (TPSA) is 97.2 Å². The molecule has 3 rings (SSSR count). The van der Waals surface area contributed by atoms with Gasteiger partial charge in [-0.05, 0) is 24.6 Å². The van der Waals surface area contributed by atoms with Crippen LogP contribution in [0.3, 0.4) is 0 Å². The highest BCUT2D eigenvalue weighted by atomic mass is 16.6. The van der Waals surface area contributed by atoms with Crippen LogP contribution < -0.4 is 10.6 Å². The number of carbonyl (C=O) groups excluding carboxylic acids is 1. The summed E-state index contributed by atoms with van der Waals surface area (Å²) < 4.78 is 0. The van der Waals surface area contributed by atoms with E-state index in [2.05, 4.69) is 15.6 Å². The highest BCUT2D eigenvalue weighted by Gasteiger charge is 2.25. The predicted octanol–water partition coefficient (Wildman–Crippen LogP) is 1.44. The average Bonchev–Trinajstić information content (AvgIpc) is 2.84. The largest absolute Gasteiger partial charge is 0.372 e. The second-order valence-electron chi connectivity index (χ2n) is 4.57. The Labute approximate surface area is 114 Å². The van der Waals surface area contributed by atoms with Crippen molar-refractivity contribution < 1.29 is 9.72 Å². The molecular weight excluding hydrogens is 260 g/mol. The van der Waals surface area contributed by atoms with Gasteiger partial charge in [-0.15, -0.1) is 0 Å². The average molecular weight is 272 g/mol. The van der Waals surface area contributed by atoms with Gasteiger partial charge in [0.05, 0.1) is 16.0 Å². The quantitative estimate of drug-likeness (QED) is 0.651. The Hall–Kier alpha value is -2.70. The van der Waals surface area contributed by atoms with Gasteiger partial charge in [0.2, 0.25) is 5.91 Å². The molecule has 2 heterocycles. The molecule has 1 atom stereocenters. The molecule has 1 unspecified atom stereocenters. The van der Waals surface area contributed by atoms with Crippen molar-refractivity contribution >= 4 is 28.2 Å². The number of pyridine rings is 1. The molecule has 1 aliphatic rings. The van der Waals surface area contributed by atoms with Gasteiger partial charge in [0.25, 0.3) is 5.69 Å². The maximum Gasteiger partial charge on any atom is 0.278 e. The fraction of sp³-hybridized carbons (Fsp3) is 0.231. The maximum absolute atomic E-state index is 11.6. The van der Waals surface area contributed by atoms with Crippen molar-refractivity contribution in [2.45, 2.75) is 12.5 Å². The number of aromatic nitrogens is 1. The summed E-state index contributed by atoms with van der Waals surface area (Å²) in [6.07, 6.45) is 2.26. The standard InChI is InChI=1S/C13H12N4O3/c18-13-10(5-7-15-13)16-9-3-4-11(17(19)20)8-2-1-6-14-12(8)9/h1-4,6,10,16H,5,7H2,(H,15,18). The molecule has 1 saturated heterocycles. The molecule has 20 heavy (non-hydrogen) atoms. The number of carbonyl (C=O) groups is 1. The fourth-order valence-corrected chi connectivity index (χ4v) is 2.35. The molecule has 2 N–H and O–H groups in total. The molecule has 2 aromatic rings. The Balaban J connectivity index is 2.06. The lowest BCUT2D eigenvalue weighted by atomic mass is 10.1. The van der Waals surface area contributed by atoms with Gasteiger partial charge in [0.15, 0.2) is 0 Å². The van der Waals surface area contributed by atoms with Crippen LogP contribution in [0.1, 0.15) is 6.42 Å². The van der Waals surface area contributed by atoms with Gasteiger partial charge in [-0.1, -0.05) is 0 Å². The normalized spacial score (nSPS) is 18.0. The van der Waals surface area contributed by atoms with E-state index in [0.29, 0.717) is 29.6 Å². The van der Waals surface area contributed by atoms with E-state index in [-0.39, 0.29) is 17.6 Å². The highest BCUT2D eigenvalue weighted by Crippen LogP contribution is 2.30. The van der Waals surface area contributed by atoms with Gasteiger partial charge >= 0.3 is 0 Å². The van der Waals surface area contributed by atoms with E-state index in [1.807, 2.05) is 0 Å². The Kier molecular flexibility index (Phi) is 2.94. The molecule has 102 valence electrons. The third kappa shape index (κ3) is 2.03. The van der Waals surface area contributed by atoms with Crippen molar-refractivity contribution in [1.29, 1.82) is 0 Å². The minimum Gasteiger partial charge on any atom is -0.372 e. The number of hydrogen-bond acceptors (Lipinski definition) is 5. The first kappa shape index (κ1) is 12.3. The number of fused-ring (bicyclic) bond motifs is 1. The van der Waals surface area contributed by atoms with Crippen molar-refractivity contribution in [2.24, 2.45) is 0 Å². The molecule has 1 aromatic carbocycles. The number of nitrogens with one attached hydrogen (secondary N) is 2. The molecule has 0 spiro atoms. The molecule has 1 fully saturated rings. The zero-order chi connectivity index (χ0) is 14.1. The van der Waals surface area contributed by atoms with Gasteiger partial charge < -0.3 is 10.6 Å². The fourth-order valence-electron chi connectivity index (χ4n) is 2.35. The van der Waals surface area contributed by atoms with E-state index in [4.69, 9.17) is 0 Å². The van der Waals surface area contributed by atoms with Crippen molar-refractivity contribution in [1.82, 2.24) is 10.3 Å². The molecule has 1 aliphatic heterocycles. The molecular formula is C13H12N4O3. The molecule has 7 nitrogen and oxygen atoms in total. The maximum atomic E-state index is 11.6. The summed E-state index contributed by atoms with van der Waals surface area (Å²) in [5.74, 6) is -0.0626. The zero-order valence-corrected chi connectivity index (χ0v) is 10.5. The van der Waals surface area contributed by atoms with E-state index in [1.165, 1.54) is 6.07 Å². The van der Waals surface area contributed by atoms with Crippen LogP contribution in [0.2, 0.25) is 0 Å². The van der Waals surface area contributed by atoms with E-state index < -0.39 is 4.92 Å². The molecule has 7 heteroatoms. The number of nitrogens with zero attached hydrogens (tertiary/aromatic N) is 2. The Bertz CT molecular complexity index is 701. The third-order valence-corrected chi connectivity index (χ3v) is 3.32. The number of rotatable bonds is 3. The predicted molar refractivity (Wildman–Crippen MR) is 73.4 cm³/mol. The van der Waals surface area contributed by atoms with Crippen LogP contribution in [-0.4, -0.2) is 28.4 Å². The summed E-state index contributed by atoms with van der Waals surface area (Å²) in [7, 11) is 0. The second-order valence-corrected chi connectivity index (χ2v) is 4.57. The Morgan fingerprint density at radius 1 is 1.40 bits per heavy atom. The van der Waals surface area contributed by atoms with Crippen molar-refractivity contribution in [3.63, 3.8) is 0 Å². The Morgan fingerprint density at radius 2 is 2.25 bits per heavy atom. The lowest BCUT2D eigenvalue weighted by Crippen LogP contribution is -2.29. The van der Waals surface area contributed by atoms with E-state index in [9.17, 15) is 14.9 Å². The summed E-state index contributed by atoms with van der Waals surface area (Å²) >= 11 is 0. The summed E-state index contributed by atoms with van der Waals surface area (Å²) in [4.78, 5) is 26.4. The third-order valence-electron chi connectivity index (χ3n) is 3.32. The number of amides is 1. The number of nitro groups is 1. The first-order valence-electron chi connectivity index (χ1n) is 6.23. The highest BCUT2D eigenvalue weighted by molar-refractivity contribution is 5.98. The SMILES string of the molecule is O=C1NCCC1Nc1ccc([N+](=O)[O-])c2cccnc12. The zero-order valence-electron chi connectivity index (χ0n) is 10.5. The first-order chi connectivity index (χ1) is 9.66. The van der Waals surface area contributed by atoms with Gasteiger partial charge in [0, 0.05) is 18.8 Å². The van der Waals surface area contributed by atoms with E-state index in [1.54, 1.807) is 24.4 Å². The van der Waals surface area contributed by atoms with Crippen LogP contribution in [0.15, 0.2) is 30.5 Å². The van der Waals surface area contributed by atoms with Gasteiger partial charge in [-0.25, -0.2) is 0 Å². The lowest BCUT2D eigenvalue weighted by molar-refractivity contribution is -0.383. The summed E-state index contributed by atoms with van der Waals surface area (Å²) in [5, 5.41) is 17.3. The lowest BCUT2D eigenvalue weighted by Gasteiger charge is -2.13. The molecule has 0 saturated carbocycles. The molecule has 1 amide bonds. The van der Waals surface area contributed by atoms with E-state index in [0.717, 1.165) is 0 Å². The van der Waals surface area contributed by atoms with Gasteiger partial charge in [-0.2, -0.15) is 0 Å². The van der Waals surface area contributed by atoms with Crippen LogP contribution in [-0.2, 0) is 4.79 Å². The number of hydrogen-bond donors (Lipinski definition) is 2. The monoisotopic (exact) mass is 272 g/mol. The van der Waals surface area contributed by atoms with Crippen LogP contribution in [0, 0.1) is 10.1 Å². The number of benzene rings is 1. The van der Waals surface area contributed by atoms with Crippen LogP contribution in [0.4, 0.5) is 11.4 Å². The van der Waals surface area contributed by atoms with Crippen molar-refractivity contribution in [2.75, 3.05) is 11.9 Å². The summed E-state index contributed by atoms with van der Waals surface area (Å²) in [5.41, 5.74) is 1.14. The number of non-ortho nitro benzene ring substituents is 1. The summed E-state index contributed by atoms with van der Waals surface area (Å²) in [6, 6.07) is 6.02. The van der Waals surface area contributed by atoms with Crippen molar-refractivity contribution in [3.05, 3.63) is 40.6 Å². The molecule has 0 aliphatic carbocycles. The van der Waals surface area contributed by atoms with Gasteiger partial charge in [-0.3, -0.25) is 19.9 Å². The first-order valence-corrected chi connectivity index (χ1v) is 6.23. The minimum atomic E-state index is -0.434. The molecule has 0 radical (unpaired) electrons. The van der Waals surface area contributed by atoms with Crippen LogP contribution in [0.25, 0.3) is 10.9 Å². The Morgan fingerprint density at radius 3 is 2.95 bits per heavy atom. The minimum absolute atomic E-state index is 0.00882. The summed E-state index contributed by atoms with van der Waals surface area (Å²) in [6.45, 7) is 0.634. The van der Waals surface area contributed by atoms with E-state index >= 15 is 0 Å². The smallest absolute Gasteiger partial charge is 0.278 e. The number of nitro benzene ring substituents is 1. The molecule has 0 bridgehead atoms. The second kappa shape index (κ2) is 4.76. The van der Waals surface area contributed by atoms with Crippen molar-refractivity contribution in [3.8, 4) is 0 Å². The molecule has 1 aromatic heterocycles.